The highest BCUT2D eigenvalue weighted by Crippen LogP contribution is 2.27. The molecular weight excluding hydrogens is 192 g/mol. The Kier molecular flexibility index (Phi) is 2.75. The van der Waals surface area contributed by atoms with Crippen LogP contribution in [0.3, 0.4) is 0 Å². The van der Waals surface area contributed by atoms with Crippen LogP contribution in [0.4, 0.5) is 0 Å². The smallest absolute Gasteiger partial charge is 0.309 e. The maximum Gasteiger partial charge on any atom is 0.309 e. The van der Waals surface area contributed by atoms with Crippen LogP contribution in [0.2, 0.25) is 0 Å². The van der Waals surface area contributed by atoms with E-state index in [4.69, 9.17) is 4.74 Å². The van der Waals surface area contributed by atoms with Crippen LogP contribution in [0.15, 0.2) is 12.5 Å². The summed E-state index contributed by atoms with van der Waals surface area (Å²) < 4.78 is 7.00. The van der Waals surface area contributed by atoms with Crippen LogP contribution < -0.4 is 0 Å². The Balaban J connectivity index is 2.03. The van der Waals surface area contributed by atoms with Gasteiger partial charge in [-0.15, -0.1) is 0 Å². The number of cyclic esters (lactones) is 1. The Morgan fingerprint density at radius 1 is 1.67 bits per heavy atom. The highest BCUT2D eigenvalue weighted by molar-refractivity contribution is 5.74. The van der Waals surface area contributed by atoms with Crippen molar-refractivity contribution in [3.05, 3.63) is 18.2 Å². The average molecular weight is 208 g/mol. The van der Waals surface area contributed by atoms with Crippen molar-refractivity contribution in [2.45, 2.75) is 19.8 Å². The molecule has 1 saturated heterocycles. The highest BCUT2D eigenvalue weighted by atomic mass is 16.5. The topological polar surface area (TPSA) is 44.1 Å². The molecule has 1 aromatic rings. The summed E-state index contributed by atoms with van der Waals surface area (Å²) in [5.41, 5.74) is 1.04. The summed E-state index contributed by atoms with van der Waals surface area (Å²) in [6.45, 7) is 2.58. The molecule has 1 aromatic heterocycles. The molecule has 4 heteroatoms. The van der Waals surface area contributed by atoms with Crippen LogP contribution in [0.1, 0.15) is 19.0 Å². The molecule has 2 heterocycles. The molecule has 1 aliphatic rings. The number of carbonyl (C=O) groups is 1. The molecule has 0 radical (unpaired) electrons. The summed E-state index contributed by atoms with van der Waals surface area (Å²) in [7, 11) is 1.95. The number of esters is 1. The SMILES string of the molecule is CC[C@@H]1C(=O)OC[C@@H]1Cc1cn(C)cn1. The van der Waals surface area contributed by atoms with Gasteiger partial charge in [-0.3, -0.25) is 4.79 Å². The zero-order chi connectivity index (χ0) is 10.8. The summed E-state index contributed by atoms with van der Waals surface area (Å²) in [5.74, 6) is 0.322. The summed E-state index contributed by atoms with van der Waals surface area (Å²) in [4.78, 5) is 15.6. The number of ether oxygens (including phenoxy) is 1. The first-order chi connectivity index (χ1) is 7.20. The summed E-state index contributed by atoms with van der Waals surface area (Å²) in [6, 6.07) is 0. The monoisotopic (exact) mass is 208 g/mol. The van der Waals surface area contributed by atoms with E-state index in [2.05, 4.69) is 4.98 Å². The van der Waals surface area contributed by atoms with E-state index in [9.17, 15) is 4.79 Å². The molecule has 2 rings (SSSR count). The van der Waals surface area contributed by atoms with Crippen LogP contribution in [0.25, 0.3) is 0 Å². The lowest BCUT2D eigenvalue weighted by Crippen LogP contribution is -2.17. The van der Waals surface area contributed by atoms with Crippen molar-refractivity contribution in [1.82, 2.24) is 9.55 Å². The third-order valence-electron chi connectivity index (χ3n) is 2.98. The normalized spacial score (nSPS) is 25.6. The lowest BCUT2D eigenvalue weighted by molar-refractivity contribution is -0.141. The molecular formula is C11H16N2O2. The number of nitrogens with zero attached hydrogens (tertiary/aromatic N) is 2. The first kappa shape index (κ1) is 10.2. The number of aromatic nitrogens is 2. The first-order valence-electron chi connectivity index (χ1n) is 5.34. The maximum absolute atomic E-state index is 11.4. The van der Waals surface area contributed by atoms with E-state index in [-0.39, 0.29) is 11.9 Å². The van der Waals surface area contributed by atoms with Gasteiger partial charge in [0.05, 0.1) is 24.5 Å². The molecule has 0 amide bonds. The predicted octanol–water partition coefficient (Wildman–Crippen LogP) is 1.16. The molecule has 0 unspecified atom stereocenters. The zero-order valence-corrected chi connectivity index (χ0v) is 9.14. The molecule has 0 aliphatic carbocycles. The van der Waals surface area contributed by atoms with Gasteiger partial charge >= 0.3 is 5.97 Å². The zero-order valence-electron chi connectivity index (χ0n) is 9.14. The van der Waals surface area contributed by atoms with E-state index in [1.54, 1.807) is 6.33 Å². The van der Waals surface area contributed by atoms with E-state index >= 15 is 0 Å². The number of rotatable bonds is 3. The molecule has 82 valence electrons. The van der Waals surface area contributed by atoms with E-state index < -0.39 is 0 Å². The van der Waals surface area contributed by atoms with E-state index in [0.29, 0.717) is 12.5 Å². The minimum Gasteiger partial charge on any atom is -0.465 e. The van der Waals surface area contributed by atoms with Crippen LogP contribution in [-0.4, -0.2) is 22.1 Å². The fourth-order valence-electron chi connectivity index (χ4n) is 2.15. The average Bonchev–Trinajstić information content (AvgIpc) is 2.75. The van der Waals surface area contributed by atoms with Crippen molar-refractivity contribution in [3.8, 4) is 0 Å². The third kappa shape index (κ3) is 2.03. The van der Waals surface area contributed by atoms with Gasteiger partial charge in [0, 0.05) is 19.2 Å². The second kappa shape index (κ2) is 4.04. The number of imidazole rings is 1. The van der Waals surface area contributed by atoms with E-state index in [1.165, 1.54) is 0 Å². The second-order valence-corrected chi connectivity index (χ2v) is 4.14. The summed E-state index contributed by atoms with van der Waals surface area (Å²) >= 11 is 0. The Morgan fingerprint density at radius 2 is 2.47 bits per heavy atom. The lowest BCUT2D eigenvalue weighted by Gasteiger charge is -2.10. The lowest BCUT2D eigenvalue weighted by atomic mass is 9.89. The number of hydrogen-bond donors (Lipinski definition) is 0. The highest BCUT2D eigenvalue weighted by Gasteiger charge is 2.35. The first-order valence-corrected chi connectivity index (χ1v) is 5.34. The van der Waals surface area contributed by atoms with Gasteiger partial charge in [-0.1, -0.05) is 6.92 Å². The second-order valence-electron chi connectivity index (χ2n) is 4.14. The van der Waals surface area contributed by atoms with Gasteiger partial charge in [0.15, 0.2) is 0 Å². The number of aryl methyl sites for hydroxylation is 1. The van der Waals surface area contributed by atoms with Crippen LogP contribution >= 0.6 is 0 Å². The number of hydrogen-bond acceptors (Lipinski definition) is 3. The Labute approximate surface area is 89.3 Å². The molecule has 1 aliphatic heterocycles. The summed E-state index contributed by atoms with van der Waals surface area (Å²) in [5, 5.41) is 0. The van der Waals surface area contributed by atoms with Crippen molar-refractivity contribution in [3.63, 3.8) is 0 Å². The molecule has 0 bridgehead atoms. The van der Waals surface area contributed by atoms with Gasteiger partial charge in [-0.05, 0) is 12.8 Å². The Hall–Kier alpha value is -1.32. The van der Waals surface area contributed by atoms with E-state index in [1.807, 2.05) is 24.7 Å². The number of carbonyl (C=O) groups excluding carboxylic acids is 1. The van der Waals surface area contributed by atoms with Gasteiger partial charge in [0.2, 0.25) is 0 Å². The van der Waals surface area contributed by atoms with Crippen LogP contribution in [0.5, 0.6) is 0 Å². The minimum absolute atomic E-state index is 0.0431. The quantitative estimate of drug-likeness (QED) is 0.700. The molecule has 0 spiro atoms. The fraction of sp³-hybridized carbons (Fsp3) is 0.636. The third-order valence-corrected chi connectivity index (χ3v) is 2.98. The maximum atomic E-state index is 11.4. The molecule has 0 saturated carbocycles. The van der Waals surface area contributed by atoms with Crippen LogP contribution in [-0.2, 0) is 23.0 Å². The largest absolute Gasteiger partial charge is 0.465 e. The molecule has 1 fully saturated rings. The molecule has 0 aromatic carbocycles. The van der Waals surface area contributed by atoms with Crippen molar-refractivity contribution in [1.29, 1.82) is 0 Å². The molecule has 2 atom stereocenters. The fourth-order valence-corrected chi connectivity index (χ4v) is 2.15. The predicted molar refractivity (Wildman–Crippen MR) is 55.1 cm³/mol. The van der Waals surface area contributed by atoms with Gasteiger partial charge in [-0.25, -0.2) is 4.98 Å². The minimum atomic E-state index is -0.0431. The Bertz CT molecular complexity index is 359. The summed E-state index contributed by atoms with van der Waals surface area (Å²) in [6.07, 6.45) is 5.48. The molecule has 15 heavy (non-hydrogen) atoms. The standard InChI is InChI=1S/C11H16N2O2/c1-3-10-8(6-15-11(10)14)4-9-5-13(2)7-12-9/h5,7-8,10H,3-4,6H2,1-2H3/t8-,10-/m0/s1. The van der Waals surface area contributed by atoms with Crippen LogP contribution in [0, 0.1) is 11.8 Å². The Morgan fingerprint density at radius 3 is 3.07 bits per heavy atom. The van der Waals surface area contributed by atoms with Crippen molar-refractivity contribution >= 4 is 5.97 Å². The van der Waals surface area contributed by atoms with Gasteiger partial charge in [0.25, 0.3) is 0 Å². The van der Waals surface area contributed by atoms with Gasteiger partial charge in [0.1, 0.15) is 0 Å². The molecule has 0 N–H and O–H groups in total. The van der Waals surface area contributed by atoms with Gasteiger partial charge in [-0.2, -0.15) is 0 Å². The van der Waals surface area contributed by atoms with Crippen molar-refractivity contribution in [2.75, 3.05) is 6.61 Å². The van der Waals surface area contributed by atoms with Crippen molar-refractivity contribution < 1.29 is 9.53 Å². The molecule has 4 nitrogen and oxygen atoms in total. The van der Waals surface area contributed by atoms with E-state index in [0.717, 1.165) is 18.5 Å². The van der Waals surface area contributed by atoms with Crippen molar-refractivity contribution in [2.24, 2.45) is 18.9 Å². The van der Waals surface area contributed by atoms with Gasteiger partial charge < -0.3 is 9.30 Å².